The smallest absolute Gasteiger partial charge is 0.247 e. The number of rotatable bonds is 5. The lowest BCUT2D eigenvalue weighted by atomic mass is 10.1. The van der Waals surface area contributed by atoms with Crippen LogP contribution in [0, 0.1) is 0 Å². The fourth-order valence-electron chi connectivity index (χ4n) is 4.04. The number of methoxy groups -OCH3 is 1. The zero-order chi connectivity index (χ0) is 20.4. The number of hydrogen-bond acceptors (Lipinski definition) is 6. The van der Waals surface area contributed by atoms with Crippen LogP contribution in [0.3, 0.4) is 0 Å². The highest BCUT2D eigenvalue weighted by Gasteiger charge is 2.42. The number of piperazine rings is 1. The summed E-state index contributed by atoms with van der Waals surface area (Å²) in [5.74, 6) is 0.757. The number of hydrogen-bond donors (Lipinski definition) is 1. The SMILES string of the molecule is COc1ccc(CN2C(=O)C[C@@H](N3CCN(c4ccccc4O)CC3)C2=O)cc1. The third-order valence-electron chi connectivity index (χ3n) is 5.70. The molecule has 2 fully saturated rings. The number of carbonyl (C=O) groups is 2. The molecule has 0 aromatic heterocycles. The van der Waals surface area contributed by atoms with Crippen LogP contribution >= 0.6 is 0 Å². The number of para-hydroxylation sites is 2. The number of aromatic hydroxyl groups is 1. The first-order valence-electron chi connectivity index (χ1n) is 9.81. The van der Waals surface area contributed by atoms with E-state index in [1.807, 2.05) is 36.4 Å². The molecule has 0 unspecified atom stereocenters. The first kappa shape index (κ1) is 19.3. The molecule has 7 nitrogen and oxygen atoms in total. The van der Waals surface area contributed by atoms with E-state index in [-0.39, 0.29) is 30.5 Å². The maximum atomic E-state index is 12.9. The summed E-state index contributed by atoms with van der Waals surface area (Å²) in [4.78, 5) is 31.0. The number of benzene rings is 2. The molecule has 7 heteroatoms. The lowest BCUT2D eigenvalue weighted by Crippen LogP contribution is -2.52. The zero-order valence-corrected chi connectivity index (χ0v) is 16.5. The average molecular weight is 395 g/mol. The molecule has 0 spiro atoms. The molecule has 1 N–H and O–H groups in total. The lowest BCUT2D eigenvalue weighted by Gasteiger charge is -2.38. The van der Waals surface area contributed by atoms with Crippen LogP contribution in [0.1, 0.15) is 12.0 Å². The normalized spacial score (nSPS) is 20.4. The molecule has 0 aliphatic carbocycles. The first-order chi connectivity index (χ1) is 14.1. The van der Waals surface area contributed by atoms with E-state index in [0.717, 1.165) is 17.0 Å². The summed E-state index contributed by atoms with van der Waals surface area (Å²) in [6.07, 6.45) is 0.228. The van der Waals surface area contributed by atoms with E-state index in [4.69, 9.17) is 4.74 Å². The highest BCUT2D eigenvalue weighted by Crippen LogP contribution is 2.29. The minimum absolute atomic E-state index is 0.123. The topological polar surface area (TPSA) is 73.3 Å². The maximum Gasteiger partial charge on any atom is 0.247 e. The Morgan fingerprint density at radius 3 is 2.34 bits per heavy atom. The van der Waals surface area contributed by atoms with E-state index in [2.05, 4.69) is 9.80 Å². The van der Waals surface area contributed by atoms with E-state index < -0.39 is 6.04 Å². The molecule has 2 amide bonds. The van der Waals surface area contributed by atoms with Crippen LogP contribution in [-0.2, 0) is 16.1 Å². The van der Waals surface area contributed by atoms with Crippen molar-refractivity contribution in [2.45, 2.75) is 19.0 Å². The van der Waals surface area contributed by atoms with Crippen molar-refractivity contribution < 1.29 is 19.4 Å². The van der Waals surface area contributed by atoms with Gasteiger partial charge in [-0.25, -0.2) is 0 Å². The Kier molecular flexibility index (Phi) is 5.40. The summed E-state index contributed by atoms with van der Waals surface area (Å²) in [5, 5.41) is 10.1. The first-order valence-corrected chi connectivity index (χ1v) is 9.81. The number of ether oxygens (including phenoxy) is 1. The third kappa shape index (κ3) is 3.91. The lowest BCUT2D eigenvalue weighted by molar-refractivity contribution is -0.140. The summed E-state index contributed by atoms with van der Waals surface area (Å²) in [5.41, 5.74) is 1.71. The van der Waals surface area contributed by atoms with Crippen molar-refractivity contribution in [3.8, 4) is 11.5 Å². The zero-order valence-electron chi connectivity index (χ0n) is 16.5. The molecule has 4 rings (SSSR count). The molecule has 2 aliphatic heterocycles. The van der Waals surface area contributed by atoms with Gasteiger partial charge in [0.15, 0.2) is 0 Å². The van der Waals surface area contributed by atoms with Crippen LogP contribution in [0.4, 0.5) is 5.69 Å². The van der Waals surface area contributed by atoms with Gasteiger partial charge < -0.3 is 14.7 Å². The monoisotopic (exact) mass is 395 g/mol. The van der Waals surface area contributed by atoms with Crippen LogP contribution in [0.2, 0.25) is 0 Å². The molecule has 0 saturated carbocycles. The molecule has 2 saturated heterocycles. The van der Waals surface area contributed by atoms with Crippen LogP contribution < -0.4 is 9.64 Å². The molecular weight excluding hydrogens is 370 g/mol. The number of amides is 2. The van der Waals surface area contributed by atoms with Crippen molar-refractivity contribution in [2.75, 3.05) is 38.2 Å². The van der Waals surface area contributed by atoms with Crippen LogP contribution in [0.5, 0.6) is 11.5 Å². The quantitative estimate of drug-likeness (QED) is 0.779. The number of phenolic OH excluding ortho intramolecular Hbond substituents is 1. The van der Waals surface area contributed by atoms with E-state index in [1.165, 1.54) is 4.90 Å². The van der Waals surface area contributed by atoms with Gasteiger partial charge in [-0.05, 0) is 29.8 Å². The van der Waals surface area contributed by atoms with Gasteiger partial charge in [-0.1, -0.05) is 24.3 Å². The number of likely N-dealkylation sites (tertiary alicyclic amines) is 1. The van der Waals surface area contributed by atoms with Gasteiger partial charge in [0.2, 0.25) is 11.8 Å². The highest BCUT2D eigenvalue weighted by atomic mass is 16.5. The van der Waals surface area contributed by atoms with Gasteiger partial charge in [-0.3, -0.25) is 19.4 Å². The van der Waals surface area contributed by atoms with E-state index in [0.29, 0.717) is 26.2 Å². The second-order valence-corrected chi connectivity index (χ2v) is 7.40. The fourth-order valence-corrected chi connectivity index (χ4v) is 4.04. The van der Waals surface area contributed by atoms with Crippen LogP contribution in [0.25, 0.3) is 0 Å². The Labute approximate surface area is 170 Å². The number of anilines is 1. The average Bonchev–Trinajstić information content (AvgIpc) is 3.03. The van der Waals surface area contributed by atoms with Crippen molar-refractivity contribution >= 4 is 17.5 Å². The van der Waals surface area contributed by atoms with Gasteiger partial charge in [0.05, 0.1) is 31.8 Å². The molecule has 1 atom stereocenters. The third-order valence-corrected chi connectivity index (χ3v) is 5.70. The number of phenols is 1. The van der Waals surface area contributed by atoms with Crippen LogP contribution in [-0.4, -0.2) is 66.1 Å². The molecule has 2 aromatic carbocycles. The second kappa shape index (κ2) is 8.13. The highest BCUT2D eigenvalue weighted by molar-refractivity contribution is 6.05. The summed E-state index contributed by atoms with van der Waals surface area (Å²) in [6.45, 7) is 3.04. The predicted octanol–water partition coefficient (Wildman–Crippen LogP) is 1.85. The maximum absolute atomic E-state index is 12.9. The van der Waals surface area contributed by atoms with Crippen molar-refractivity contribution in [3.05, 3.63) is 54.1 Å². The Morgan fingerprint density at radius 1 is 1.00 bits per heavy atom. The van der Waals surface area contributed by atoms with Crippen molar-refractivity contribution in [1.29, 1.82) is 0 Å². The minimum Gasteiger partial charge on any atom is -0.506 e. The molecule has 0 bridgehead atoms. The van der Waals surface area contributed by atoms with Gasteiger partial charge in [0, 0.05) is 26.2 Å². The van der Waals surface area contributed by atoms with Crippen LogP contribution in [0.15, 0.2) is 48.5 Å². The Hall–Kier alpha value is -3.06. The summed E-state index contributed by atoms with van der Waals surface area (Å²) < 4.78 is 5.15. The van der Waals surface area contributed by atoms with Gasteiger partial charge in [-0.2, -0.15) is 0 Å². The Bertz CT molecular complexity index is 891. The number of carbonyl (C=O) groups excluding carboxylic acids is 2. The molecular formula is C22H25N3O4. The van der Waals surface area contributed by atoms with Crippen molar-refractivity contribution in [2.24, 2.45) is 0 Å². The molecule has 152 valence electrons. The van der Waals surface area contributed by atoms with Crippen molar-refractivity contribution in [3.63, 3.8) is 0 Å². The largest absolute Gasteiger partial charge is 0.506 e. The molecule has 2 heterocycles. The standard InChI is InChI=1S/C22H25N3O4/c1-29-17-8-6-16(7-9-17)15-25-21(27)14-19(22(25)28)24-12-10-23(11-13-24)18-4-2-3-5-20(18)26/h2-9,19,26H,10-15H2,1H3/t19-/m1/s1. The van der Waals surface area contributed by atoms with E-state index in [1.54, 1.807) is 19.2 Å². The Balaban J connectivity index is 1.38. The predicted molar refractivity (Wildman–Crippen MR) is 109 cm³/mol. The summed E-state index contributed by atoms with van der Waals surface area (Å²) >= 11 is 0. The molecule has 2 aromatic rings. The minimum atomic E-state index is -0.396. The van der Waals surface area contributed by atoms with Gasteiger partial charge >= 0.3 is 0 Å². The van der Waals surface area contributed by atoms with Gasteiger partial charge in [0.25, 0.3) is 0 Å². The number of nitrogens with zero attached hydrogens (tertiary/aromatic N) is 3. The number of imide groups is 1. The van der Waals surface area contributed by atoms with Gasteiger partial charge in [0.1, 0.15) is 11.5 Å². The summed E-state index contributed by atoms with van der Waals surface area (Å²) in [6, 6.07) is 14.3. The van der Waals surface area contributed by atoms with E-state index in [9.17, 15) is 14.7 Å². The Morgan fingerprint density at radius 2 is 1.69 bits per heavy atom. The van der Waals surface area contributed by atoms with Gasteiger partial charge in [-0.15, -0.1) is 0 Å². The second-order valence-electron chi connectivity index (χ2n) is 7.40. The molecule has 0 radical (unpaired) electrons. The summed E-state index contributed by atoms with van der Waals surface area (Å²) in [7, 11) is 1.60. The molecule has 29 heavy (non-hydrogen) atoms. The van der Waals surface area contributed by atoms with E-state index >= 15 is 0 Å². The fraction of sp³-hybridized carbons (Fsp3) is 0.364. The van der Waals surface area contributed by atoms with Crippen molar-refractivity contribution in [1.82, 2.24) is 9.80 Å². The molecule has 2 aliphatic rings.